The Kier molecular flexibility index (Phi) is 5.54. The van der Waals surface area contributed by atoms with Gasteiger partial charge in [-0.1, -0.05) is 30.3 Å². The minimum absolute atomic E-state index is 0.199. The minimum Gasteiger partial charge on any atom is -0.357 e. The molecule has 1 heterocycles. The number of nitrogens with one attached hydrogen (secondary N) is 1. The van der Waals surface area contributed by atoms with Gasteiger partial charge in [-0.05, 0) is 12.0 Å². The first-order valence-electron chi connectivity index (χ1n) is 6.82. The molecular weight excluding hydrogens is 254 g/mol. The fraction of sp³-hybridized carbons (Fsp3) is 0.467. The van der Waals surface area contributed by atoms with Gasteiger partial charge in [0.25, 0.3) is 0 Å². The lowest BCUT2D eigenvalue weighted by molar-refractivity contribution is -0.113. The predicted molar refractivity (Wildman–Crippen MR) is 74.7 cm³/mol. The molecule has 1 aliphatic rings. The molecule has 106 valence electrons. The fourth-order valence-corrected chi connectivity index (χ4v) is 2.40. The molecule has 0 aliphatic carbocycles. The largest absolute Gasteiger partial charge is 0.357 e. The SMILES string of the molecule is N#C[C@H](Cc1ccccc1)N1CCCO[C@H](NC=O)C1. The standard InChI is InChI=1S/C15H19N3O2/c16-10-14(9-13-5-2-1-3-6-13)18-7-4-8-20-15(11-18)17-12-19/h1-3,5-6,12,14-15H,4,7-9,11H2,(H,17,19)/t14-,15-/m0/s1. The molecule has 1 aliphatic heterocycles. The number of ether oxygens (including phenoxy) is 1. The number of rotatable bonds is 5. The van der Waals surface area contributed by atoms with Crippen molar-refractivity contribution in [3.05, 3.63) is 35.9 Å². The number of amides is 1. The highest BCUT2D eigenvalue weighted by Crippen LogP contribution is 2.12. The molecule has 0 spiro atoms. The van der Waals surface area contributed by atoms with E-state index in [0.717, 1.165) is 18.5 Å². The maximum atomic E-state index is 10.5. The third-order valence-electron chi connectivity index (χ3n) is 3.42. The molecule has 1 saturated heterocycles. The van der Waals surface area contributed by atoms with Crippen LogP contribution in [0.4, 0.5) is 0 Å². The maximum absolute atomic E-state index is 10.5. The van der Waals surface area contributed by atoms with E-state index in [2.05, 4.69) is 16.3 Å². The van der Waals surface area contributed by atoms with Crippen LogP contribution in [0, 0.1) is 11.3 Å². The van der Waals surface area contributed by atoms with E-state index >= 15 is 0 Å². The number of nitriles is 1. The maximum Gasteiger partial charge on any atom is 0.209 e. The van der Waals surface area contributed by atoms with E-state index in [1.165, 1.54) is 0 Å². The van der Waals surface area contributed by atoms with Crippen LogP contribution < -0.4 is 5.32 Å². The molecule has 0 radical (unpaired) electrons. The van der Waals surface area contributed by atoms with Crippen molar-refractivity contribution in [2.45, 2.75) is 25.1 Å². The van der Waals surface area contributed by atoms with Crippen molar-refractivity contribution >= 4 is 6.41 Å². The minimum atomic E-state index is -0.332. The lowest BCUT2D eigenvalue weighted by Gasteiger charge is -2.27. The summed E-state index contributed by atoms with van der Waals surface area (Å²) in [6.07, 6.45) is 1.86. The Morgan fingerprint density at radius 2 is 2.30 bits per heavy atom. The number of benzene rings is 1. The summed E-state index contributed by atoms with van der Waals surface area (Å²) in [5, 5.41) is 12.1. The summed E-state index contributed by atoms with van der Waals surface area (Å²) in [6, 6.07) is 12.1. The molecule has 0 aromatic heterocycles. The van der Waals surface area contributed by atoms with E-state index in [1.54, 1.807) is 0 Å². The molecule has 5 nitrogen and oxygen atoms in total. The van der Waals surface area contributed by atoms with E-state index in [4.69, 9.17) is 4.74 Å². The molecular formula is C15H19N3O2. The van der Waals surface area contributed by atoms with E-state index in [0.29, 0.717) is 26.0 Å². The smallest absolute Gasteiger partial charge is 0.209 e. The first-order chi connectivity index (χ1) is 9.83. The Bertz CT molecular complexity index is 458. The van der Waals surface area contributed by atoms with Gasteiger partial charge in [0.15, 0.2) is 0 Å². The molecule has 20 heavy (non-hydrogen) atoms. The van der Waals surface area contributed by atoms with Crippen molar-refractivity contribution in [3.8, 4) is 6.07 Å². The van der Waals surface area contributed by atoms with Crippen LogP contribution in [0.5, 0.6) is 0 Å². The fourth-order valence-electron chi connectivity index (χ4n) is 2.40. The molecule has 0 unspecified atom stereocenters. The lowest BCUT2D eigenvalue weighted by atomic mass is 10.1. The van der Waals surface area contributed by atoms with Gasteiger partial charge in [0.05, 0.1) is 12.7 Å². The van der Waals surface area contributed by atoms with Crippen LogP contribution >= 0.6 is 0 Å². The third-order valence-corrected chi connectivity index (χ3v) is 3.42. The van der Waals surface area contributed by atoms with Crippen LogP contribution in [0.2, 0.25) is 0 Å². The number of hydrogen-bond donors (Lipinski definition) is 1. The Hall–Kier alpha value is -1.90. The molecule has 0 bridgehead atoms. The first-order valence-corrected chi connectivity index (χ1v) is 6.82. The lowest BCUT2D eigenvalue weighted by Crippen LogP contribution is -2.45. The zero-order valence-corrected chi connectivity index (χ0v) is 11.4. The summed E-state index contributed by atoms with van der Waals surface area (Å²) < 4.78 is 5.53. The van der Waals surface area contributed by atoms with Gasteiger partial charge in [-0.15, -0.1) is 0 Å². The van der Waals surface area contributed by atoms with Crippen LogP contribution in [0.3, 0.4) is 0 Å². The Morgan fingerprint density at radius 3 is 3.00 bits per heavy atom. The average Bonchev–Trinajstić information content (AvgIpc) is 2.72. The second-order valence-electron chi connectivity index (χ2n) is 4.83. The van der Waals surface area contributed by atoms with E-state index < -0.39 is 0 Å². The van der Waals surface area contributed by atoms with Crippen molar-refractivity contribution in [3.63, 3.8) is 0 Å². The van der Waals surface area contributed by atoms with Gasteiger partial charge in [0, 0.05) is 19.5 Å². The van der Waals surface area contributed by atoms with Gasteiger partial charge in [-0.25, -0.2) is 0 Å². The quantitative estimate of drug-likeness (QED) is 0.810. The van der Waals surface area contributed by atoms with Crippen molar-refractivity contribution in [2.24, 2.45) is 0 Å². The van der Waals surface area contributed by atoms with E-state index in [-0.39, 0.29) is 12.3 Å². The molecule has 0 saturated carbocycles. The van der Waals surface area contributed by atoms with Gasteiger partial charge >= 0.3 is 0 Å². The highest BCUT2D eigenvalue weighted by atomic mass is 16.5. The zero-order chi connectivity index (χ0) is 14.2. The number of nitrogens with zero attached hydrogens (tertiary/aromatic N) is 2. The van der Waals surface area contributed by atoms with Gasteiger partial charge in [0.2, 0.25) is 6.41 Å². The number of carbonyl (C=O) groups is 1. The highest BCUT2D eigenvalue weighted by molar-refractivity contribution is 5.46. The molecule has 1 N–H and O–H groups in total. The molecule has 1 amide bonds. The van der Waals surface area contributed by atoms with Crippen molar-refractivity contribution in [1.82, 2.24) is 10.2 Å². The second kappa shape index (κ2) is 7.63. The average molecular weight is 273 g/mol. The molecule has 1 aromatic carbocycles. The molecule has 1 fully saturated rings. The summed E-state index contributed by atoms with van der Waals surface area (Å²) in [6.45, 7) is 1.96. The zero-order valence-electron chi connectivity index (χ0n) is 11.4. The van der Waals surface area contributed by atoms with Crippen molar-refractivity contribution in [2.75, 3.05) is 19.7 Å². The molecule has 1 aromatic rings. The molecule has 5 heteroatoms. The van der Waals surface area contributed by atoms with Crippen molar-refractivity contribution in [1.29, 1.82) is 5.26 Å². The first kappa shape index (κ1) is 14.5. The van der Waals surface area contributed by atoms with Gasteiger partial charge < -0.3 is 10.1 Å². The van der Waals surface area contributed by atoms with Crippen LogP contribution in [0.25, 0.3) is 0 Å². The summed E-state index contributed by atoms with van der Waals surface area (Å²) in [4.78, 5) is 12.6. The van der Waals surface area contributed by atoms with E-state index in [1.807, 2.05) is 30.3 Å². The topological polar surface area (TPSA) is 65.4 Å². The van der Waals surface area contributed by atoms with Gasteiger partial charge in [0.1, 0.15) is 12.3 Å². The highest BCUT2D eigenvalue weighted by Gasteiger charge is 2.24. The summed E-state index contributed by atoms with van der Waals surface area (Å²) in [5.41, 5.74) is 1.14. The van der Waals surface area contributed by atoms with Crippen LogP contribution in [0.1, 0.15) is 12.0 Å². The molecule has 2 atom stereocenters. The predicted octanol–water partition coefficient (Wildman–Crippen LogP) is 0.916. The van der Waals surface area contributed by atoms with E-state index in [9.17, 15) is 10.1 Å². The number of carbonyl (C=O) groups excluding carboxylic acids is 1. The van der Waals surface area contributed by atoms with Crippen molar-refractivity contribution < 1.29 is 9.53 Å². The summed E-state index contributed by atoms with van der Waals surface area (Å²) >= 11 is 0. The van der Waals surface area contributed by atoms with Crippen LogP contribution in [0.15, 0.2) is 30.3 Å². The Balaban J connectivity index is 2.02. The summed E-state index contributed by atoms with van der Waals surface area (Å²) in [7, 11) is 0. The normalized spacial score (nSPS) is 21.4. The Labute approximate surface area is 119 Å². The molecule has 2 rings (SSSR count). The third kappa shape index (κ3) is 4.05. The number of hydrogen-bond acceptors (Lipinski definition) is 4. The second-order valence-corrected chi connectivity index (χ2v) is 4.83. The monoisotopic (exact) mass is 273 g/mol. The van der Waals surface area contributed by atoms with Crippen LogP contribution in [-0.4, -0.2) is 43.3 Å². The van der Waals surface area contributed by atoms with Gasteiger partial charge in [-0.2, -0.15) is 5.26 Å². The Morgan fingerprint density at radius 1 is 1.50 bits per heavy atom. The van der Waals surface area contributed by atoms with Crippen LogP contribution in [-0.2, 0) is 16.0 Å². The van der Waals surface area contributed by atoms with Gasteiger partial charge in [-0.3, -0.25) is 9.69 Å². The summed E-state index contributed by atoms with van der Waals surface area (Å²) in [5.74, 6) is 0.